The van der Waals surface area contributed by atoms with E-state index in [0.29, 0.717) is 34.8 Å². The summed E-state index contributed by atoms with van der Waals surface area (Å²) < 4.78 is 18.7. The van der Waals surface area contributed by atoms with E-state index in [9.17, 15) is 4.79 Å². The second-order valence-corrected chi connectivity index (χ2v) is 6.78. The van der Waals surface area contributed by atoms with E-state index in [1.165, 1.54) is 4.68 Å². The number of aryl methyl sites for hydroxylation is 1. The first kappa shape index (κ1) is 19.9. The van der Waals surface area contributed by atoms with Crippen molar-refractivity contribution in [3.8, 4) is 11.5 Å². The maximum atomic E-state index is 12.0. The summed E-state index contributed by atoms with van der Waals surface area (Å²) in [6.07, 6.45) is 0. The molecule has 2 aromatic carbocycles. The Bertz CT molecular complexity index is 924. The molecule has 0 saturated carbocycles. The summed E-state index contributed by atoms with van der Waals surface area (Å²) in [6, 6.07) is 17.4. The number of rotatable bonds is 8. The number of nitrogens with zero attached hydrogens (tertiary/aromatic N) is 2. The van der Waals surface area contributed by atoms with Crippen molar-refractivity contribution in [2.24, 2.45) is 7.05 Å². The van der Waals surface area contributed by atoms with Crippen LogP contribution in [-0.4, -0.2) is 22.4 Å². The highest BCUT2D eigenvalue weighted by molar-refractivity contribution is 9.10. The van der Waals surface area contributed by atoms with Crippen molar-refractivity contribution in [2.75, 3.05) is 6.61 Å². The van der Waals surface area contributed by atoms with Crippen LogP contribution in [0.3, 0.4) is 0 Å². The molecule has 1 aromatic heterocycles. The first-order chi connectivity index (χ1) is 13.6. The second kappa shape index (κ2) is 9.41. The van der Waals surface area contributed by atoms with Gasteiger partial charge in [0.05, 0.1) is 11.1 Å². The Kier molecular flexibility index (Phi) is 6.71. The van der Waals surface area contributed by atoms with Crippen LogP contribution >= 0.6 is 15.9 Å². The van der Waals surface area contributed by atoms with Crippen molar-refractivity contribution < 1.29 is 19.0 Å². The third kappa shape index (κ3) is 4.92. The van der Waals surface area contributed by atoms with E-state index in [2.05, 4.69) is 21.0 Å². The van der Waals surface area contributed by atoms with E-state index in [4.69, 9.17) is 14.2 Å². The Morgan fingerprint density at radius 3 is 2.21 bits per heavy atom. The van der Waals surface area contributed by atoms with Gasteiger partial charge in [0.2, 0.25) is 0 Å². The molecule has 3 aromatic rings. The molecule has 0 saturated heterocycles. The zero-order chi connectivity index (χ0) is 19.9. The van der Waals surface area contributed by atoms with Gasteiger partial charge in [-0.25, -0.2) is 4.79 Å². The van der Waals surface area contributed by atoms with Gasteiger partial charge >= 0.3 is 5.97 Å². The van der Waals surface area contributed by atoms with Crippen LogP contribution in [0.5, 0.6) is 11.5 Å². The van der Waals surface area contributed by atoms with Crippen molar-refractivity contribution in [1.29, 1.82) is 0 Å². The van der Waals surface area contributed by atoms with E-state index >= 15 is 0 Å². The van der Waals surface area contributed by atoms with E-state index in [-0.39, 0.29) is 6.61 Å². The molecule has 3 rings (SSSR count). The molecule has 0 radical (unpaired) electrons. The third-order valence-corrected chi connectivity index (χ3v) is 4.81. The Morgan fingerprint density at radius 2 is 1.61 bits per heavy atom. The number of ether oxygens (including phenoxy) is 3. The number of aromatic nitrogens is 2. The molecule has 0 aliphatic carbocycles. The van der Waals surface area contributed by atoms with Gasteiger partial charge in [0.1, 0.15) is 30.4 Å². The number of carbonyl (C=O) groups is 1. The fraction of sp³-hybridized carbons (Fsp3) is 0.238. The minimum atomic E-state index is -0.421. The molecule has 0 bridgehead atoms. The standard InChI is InChI=1S/C21H21BrN2O4/c1-3-26-21(25)20-19(22)18(23-24(20)2)14-28-17-11-9-16(10-12-17)27-13-15-7-5-4-6-8-15/h4-12H,3,13-14H2,1-2H3. The van der Waals surface area contributed by atoms with Crippen molar-refractivity contribution in [2.45, 2.75) is 20.1 Å². The van der Waals surface area contributed by atoms with Gasteiger partial charge in [-0.2, -0.15) is 5.10 Å². The lowest BCUT2D eigenvalue weighted by atomic mass is 10.2. The van der Waals surface area contributed by atoms with Gasteiger partial charge in [0, 0.05) is 7.05 Å². The number of esters is 1. The highest BCUT2D eigenvalue weighted by Crippen LogP contribution is 2.24. The van der Waals surface area contributed by atoms with Crippen molar-refractivity contribution in [1.82, 2.24) is 9.78 Å². The molecule has 0 aliphatic heterocycles. The topological polar surface area (TPSA) is 62.6 Å². The minimum absolute atomic E-state index is 0.220. The molecule has 0 spiro atoms. The van der Waals surface area contributed by atoms with E-state index in [0.717, 1.165) is 11.3 Å². The summed E-state index contributed by atoms with van der Waals surface area (Å²) in [5, 5.41) is 4.33. The van der Waals surface area contributed by atoms with Gasteiger partial charge in [0.15, 0.2) is 5.69 Å². The average molecular weight is 445 g/mol. The molecule has 6 nitrogen and oxygen atoms in total. The Morgan fingerprint density at radius 1 is 1.00 bits per heavy atom. The van der Waals surface area contributed by atoms with Crippen molar-refractivity contribution in [3.63, 3.8) is 0 Å². The summed E-state index contributed by atoms with van der Waals surface area (Å²) in [6.45, 7) is 2.80. The van der Waals surface area contributed by atoms with Gasteiger partial charge < -0.3 is 14.2 Å². The molecule has 0 aliphatic rings. The average Bonchev–Trinajstić information content (AvgIpc) is 3.00. The van der Waals surface area contributed by atoms with Gasteiger partial charge in [-0.05, 0) is 52.7 Å². The van der Waals surface area contributed by atoms with Gasteiger partial charge in [-0.15, -0.1) is 0 Å². The van der Waals surface area contributed by atoms with Gasteiger partial charge in [-0.1, -0.05) is 30.3 Å². The fourth-order valence-electron chi connectivity index (χ4n) is 2.59. The smallest absolute Gasteiger partial charge is 0.357 e. The van der Waals surface area contributed by atoms with Crippen molar-refractivity contribution in [3.05, 3.63) is 76.0 Å². The summed E-state index contributed by atoms with van der Waals surface area (Å²) in [5.74, 6) is 1.03. The van der Waals surface area contributed by atoms with Crippen LogP contribution in [0.25, 0.3) is 0 Å². The highest BCUT2D eigenvalue weighted by atomic mass is 79.9. The summed E-state index contributed by atoms with van der Waals surface area (Å²) in [5.41, 5.74) is 2.10. The van der Waals surface area contributed by atoms with Crippen LogP contribution in [0.4, 0.5) is 0 Å². The summed E-state index contributed by atoms with van der Waals surface area (Å²) in [7, 11) is 1.69. The molecule has 0 N–H and O–H groups in total. The van der Waals surface area contributed by atoms with Crippen LogP contribution in [0.1, 0.15) is 28.7 Å². The zero-order valence-corrected chi connectivity index (χ0v) is 17.3. The molecule has 7 heteroatoms. The van der Waals surface area contributed by atoms with E-state index < -0.39 is 5.97 Å². The number of benzene rings is 2. The molecule has 28 heavy (non-hydrogen) atoms. The lowest BCUT2D eigenvalue weighted by Crippen LogP contribution is -2.10. The fourth-order valence-corrected chi connectivity index (χ4v) is 3.20. The Balaban J connectivity index is 1.58. The minimum Gasteiger partial charge on any atom is -0.489 e. The molecule has 0 atom stereocenters. The maximum absolute atomic E-state index is 12.0. The number of halogens is 1. The number of hydrogen-bond acceptors (Lipinski definition) is 5. The molecular weight excluding hydrogens is 424 g/mol. The summed E-state index contributed by atoms with van der Waals surface area (Å²) in [4.78, 5) is 12.0. The maximum Gasteiger partial charge on any atom is 0.357 e. The monoisotopic (exact) mass is 444 g/mol. The van der Waals surface area contributed by atoms with E-state index in [1.54, 1.807) is 14.0 Å². The predicted molar refractivity (Wildman–Crippen MR) is 108 cm³/mol. The van der Waals surface area contributed by atoms with Crippen LogP contribution in [-0.2, 0) is 25.0 Å². The first-order valence-electron chi connectivity index (χ1n) is 8.86. The van der Waals surface area contributed by atoms with Crippen LogP contribution in [0.2, 0.25) is 0 Å². The van der Waals surface area contributed by atoms with Crippen LogP contribution < -0.4 is 9.47 Å². The SMILES string of the molecule is CCOC(=O)c1c(Br)c(COc2ccc(OCc3ccccc3)cc2)nn1C. The first-order valence-corrected chi connectivity index (χ1v) is 9.66. The summed E-state index contributed by atoms with van der Waals surface area (Å²) >= 11 is 3.42. The second-order valence-electron chi connectivity index (χ2n) is 5.99. The van der Waals surface area contributed by atoms with Crippen LogP contribution in [0, 0.1) is 0 Å². The molecule has 1 heterocycles. The molecule has 0 fully saturated rings. The third-order valence-electron chi connectivity index (χ3n) is 3.97. The van der Waals surface area contributed by atoms with Gasteiger partial charge in [-0.3, -0.25) is 4.68 Å². The molecular formula is C21H21BrN2O4. The van der Waals surface area contributed by atoms with E-state index in [1.807, 2.05) is 54.6 Å². The molecule has 0 unspecified atom stereocenters. The lowest BCUT2D eigenvalue weighted by Gasteiger charge is -2.08. The van der Waals surface area contributed by atoms with Gasteiger partial charge in [0.25, 0.3) is 0 Å². The zero-order valence-electron chi connectivity index (χ0n) is 15.7. The van der Waals surface area contributed by atoms with Crippen LogP contribution in [0.15, 0.2) is 59.1 Å². The quantitative estimate of drug-likeness (QED) is 0.478. The normalized spacial score (nSPS) is 10.5. The Labute approximate surface area is 172 Å². The largest absolute Gasteiger partial charge is 0.489 e. The number of hydrogen-bond donors (Lipinski definition) is 0. The molecule has 146 valence electrons. The predicted octanol–water partition coefficient (Wildman–Crippen LogP) is 4.52. The highest BCUT2D eigenvalue weighted by Gasteiger charge is 2.21. The Hall–Kier alpha value is -2.80. The molecule has 0 amide bonds. The van der Waals surface area contributed by atoms with Crippen molar-refractivity contribution >= 4 is 21.9 Å². The lowest BCUT2D eigenvalue weighted by molar-refractivity contribution is 0.0512. The number of carbonyl (C=O) groups excluding carboxylic acids is 1.